The number of aliphatic carboxylic acids is 1. The number of nitrogens with zero attached hydrogens (tertiary/aromatic N) is 1. The van der Waals surface area contributed by atoms with E-state index >= 15 is 0 Å². The second kappa shape index (κ2) is 6.37. The smallest absolute Gasteiger partial charge is 0.410 e. The molecule has 0 bridgehead atoms. The molecule has 116 valence electrons. The predicted molar refractivity (Wildman–Crippen MR) is 67.7 cm³/mol. The maximum absolute atomic E-state index is 12.9. The van der Waals surface area contributed by atoms with Crippen LogP contribution in [-0.2, 0) is 9.53 Å². The summed E-state index contributed by atoms with van der Waals surface area (Å²) in [7, 11) is 0. The largest absolute Gasteiger partial charge is 0.481 e. The van der Waals surface area contributed by atoms with E-state index < -0.39 is 42.3 Å². The highest BCUT2D eigenvalue weighted by atomic mass is 19.3. The van der Waals surface area contributed by atoms with Gasteiger partial charge in [0.15, 0.2) is 0 Å². The van der Waals surface area contributed by atoms with Crippen molar-refractivity contribution < 1.29 is 28.2 Å². The van der Waals surface area contributed by atoms with Crippen molar-refractivity contribution in [1.29, 1.82) is 0 Å². The lowest BCUT2D eigenvalue weighted by atomic mass is 9.89. The molecule has 0 aliphatic carbocycles. The van der Waals surface area contributed by atoms with Crippen molar-refractivity contribution in [2.24, 2.45) is 11.8 Å². The van der Waals surface area contributed by atoms with Crippen molar-refractivity contribution in [2.45, 2.75) is 45.6 Å². The van der Waals surface area contributed by atoms with Gasteiger partial charge in [-0.15, -0.1) is 0 Å². The molecule has 1 heterocycles. The van der Waals surface area contributed by atoms with Crippen molar-refractivity contribution >= 4 is 12.1 Å². The molecule has 0 aromatic carbocycles. The molecule has 2 atom stereocenters. The van der Waals surface area contributed by atoms with E-state index in [0.717, 1.165) is 0 Å². The molecule has 7 heteroatoms. The van der Waals surface area contributed by atoms with E-state index in [9.17, 15) is 18.4 Å². The fourth-order valence-electron chi connectivity index (χ4n) is 2.29. The predicted octanol–water partition coefficient (Wildman–Crippen LogP) is 2.60. The molecule has 0 aromatic rings. The highest BCUT2D eigenvalue weighted by molar-refractivity contribution is 5.69. The van der Waals surface area contributed by atoms with E-state index in [1.54, 1.807) is 20.8 Å². The van der Waals surface area contributed by atoms with Gasteiger partial charge in [-0.3, -0.25) is 4.79 Å². The zero-order valence-corrected chi connectivity index (χ0v) is 11.9. The van der Waals surface area contributed by atoms with Crippen LogP contribution in [0.4, 0.5) is 13.6 Å². The van der Waals surface area contributed by atoms with E-state index in [0.29, 0.717) is 13.0 Å². The molecule has 0 spiro atoms. The first-order valence-corrected chi connectivity index (χ1v) is 6.58. The summed E-state index contributed by atoms with van der Waals surface area (Å²) in [6.07, 6.45) is -3.44. The molecule has 5 nitrogen and oxygen atoms in total. The lowest BCUT2D eigenvalue weighted by molar-refractivity contribution is -0.140. The normalized spacial score (nSPS) is 21.1. The monoisotopic (exact) mass is 293 g/mol. The van der Waals surface area contributed by atoms with Gasteiger partial charge in [-0.25, -0.2) is 13.6 Å². The summed E-state index contributed by atoms with van der Waals surface area (Å²) in [5.41, 5.74) is -0.641. The third-order valence-electron chi connectivity index (χ3n) is 3.22. The summed E-state index contributed by atoms with van der Waals surface area (Å²) in [6, 6.07) is 0. The lowest BCUT2D eigenvalue weighted by Gasteiger charge is -2.25. The number of carbonyl (C=O) groups excluding carboxylic acids is 1. The van der Waals surface area contributed by atoms with Crippen molar-refractivity contribution in [1.82, 2.24) is 4.90 Å². The number of halogens is 2. The van der Waals surface area contributed by atoms with Crippen LogP contribution in [0.1, 0.15) is 33.6 Å². The standard InChI is InChI=1S/C13H21F2NO4/c1-13(2,3)20-12(19)16-5-4-8(7-16)9(11(14)15)6-10(17)18/h8-9,11H,4-7H2,1-3H3,(H,17,18). The van der Waals surface area contributed by atoms with Crippen LogP contribution in [-0.4, -0.2) is 47.2 Å². The molecule has 1 aliphatic rings. The minimum Gasteiger partial charge on any atom is -0.481 e. The van der Waals surface area contributed by atoms with Crippen molar-refractivity contribution in [3.63, 3.8) is 0 Å². The Morgan fingerprint density at radius 2 is 2.00 bits per heavy atom. The Labute approximate surface area is 116 Å². The summed E-state index contributed by atoms with van der Waals surface area (Å²) in [6.45, 7) is 5.63. The summed E-state index contributed by atoms with van der Waals surface area (Å²) in [5, 5.41) is 8.68. The average molecular weight is 293 g/mol. The molecule has 1 amide bonds. The lowest BCUT2D eigenvalue weighted by Crippen LogP contribution is -2.36. The van der Waals surface area contributed by atoms with E-state index in [2.05, 4.69) is 0 Å². The summed E-state index contributed by atoms with van der Waals surface area (Å²) >= 11 is 0. The number of carboxylic acid groups (broad SMARTS) is 1. The minimum atomic E-state index is -2.70. The Morgan fingerprint density at radius 1 is 1.40 bits per heavy atom. The topological polar surface area (TPSA) is 66.8 Å². The summed E-state index contributed by atoms with van der Waals surface area (Å²) in [5.74, 6) is -2.97. The number of amides is 1. The van der Waals surface area contributed by atoms with Gasteiger partial charge < -0.3 is 14.7 Å². The highest BCUT2D eigenvalue weighted by Crippen LogP contribution is 2.31. The van der Waals surface area contributed by atoms with Crippen molar-refractivity contribution in [3.05, 3.63) is 0 Å². The Morgan fingerprint density at radius 3 is 2.45 bits per heavy atom. The van der Waals surface area contributed by atoms with Crippen LogP contribution < -0.4 is 0 Å². The molecule has 1 rings (SSSR count). The fourth-order valence-corrected chi connectivity index (χ4v) is 2.29. The zero-order chi connectivity index (χ0) is 15.5. The molecular weight excluding hydrogens is 272 g/mol. The Bertz CT molecular complexity index is 368. The summed E-state index contributed by atoms with van der Waals surface area (Å²) < 4.78 is 31.0. The molecule has 2 unspecified atom stereocenters. The van der Waals surface area contributed by atoms with Gasteiger partial charge in [-0.1, -0.05) is 0 Å². The first-order chi connectivity index (χ1) is 9.10. The van der Waals surface area contributed by atoms with Gasteiger partial charge in [-0.05, 0) is 33.1 Å². The zero-order valence-electron chi connectivity index (χ0n) is 11.9. The molecule has 0 saturated carbocycles. The van der Waals surface area contributed by atoms with Crippen LogP contribution in [0.2, 0.25) is 0 Å². The van der Waals surface area contributed by atoms with Gasteiger partial charge in [0.2, 0.25) is 6.43 Å². The molecule has 1 N–H and O–H groups in total. The third kappa shape index (κ3) is 4.94. The number of hydrogen-bond acceptors (Lipinski definition) is 3. The third-order valence-corrected chi connectivity index (χ3v) is 3.22. The number of likely N-dealkylation sites (tertiary alicyclic amines) is 1. The van der Waals surface area contributed by atoms with Crippen LogP contribution in [0.5, 0.6) is 0 Å². The van der Waals surface area contributed by atoms with Gasteiger partial charge in [0, 0.05) is 19.0 Å². The Hall–Kier alpha value is -1.40. The Kier molecular flexibility index (Phi) is 5.30. The van der Waals surface area contributed by atoms with Gasteiger partial charge >= 0.3 is 12.1 Å². The molecule has 0 aromatic heterocycles. The average Bonchev–Trinajstić information content (AvgIpc) is 2.71. The molecule has 20 heavy (non-hydrogen) atoms. The van der Waals surface area contributed by atoms with Crippen LogP contribution >= 0.6 is 0 Å². The summed E-state index contributed by atoms with van der Waals surface area (Å²) in [4.78, 5) is 23.8. The fraction of sp³-hybridized carbons (Fsp3) is 0.846. The maximum atomic E-state index is 12.9. The van der Waals surface area contributed by atoms with Gasteiger partial charge in [-0.2, -0.15) is 0 Å². The molecule has 1 saturated heterocycles. The van der Waals surface area contributed by atoms with E-state index in [1.165, 1.54) is 4.90 Å². The second-order valence-electron chi connectivity index (χ2n) is 6.07. The van der Waals surface area contributed by atoms with Crippen molar-refractivity contribution in [3.8, 4) is 0 Å². The number of carbonyl (C=O) groups is 2. The van der Waals surface area contributed by atoms with Gasteiger partial charge in [0.1, 0.15) is 5.60 Å². The molecule has 0 radical (unpaired) electrons. The van der Waals surface area contributed by atoms with Crippen LogP contribution in [0.15, 0.2) is 0 Å². The molecule has 1 fully saturated rings. The van der Waals surface area contributed by atoms with Crippen molar-refractivity contribution in [2.75, 3.05) is 13.1 Å². The first-order valence-electron chi connectivity index (χ1n) is 6.58. The number of ether oxygens (including phenoxy) is 1. The van der Waals surface area contributed by atoms with Crippen LogP contribution in [0.25, 0.3) is 0 Å². The number of alkyl halides is 2. The number of carboxylic acids is 1. The molecular formula is C13H21F2NO4. The maximum Gasteiger partial charge on any atom is 0.410 e. The van der Waals surface area contributed by atoms with E-state index in [1.807, 2.05) is 0 Å². The second-order valence-corrected chi connectivity index (χ2v) is 6.07. The van der Waals surface area contributed by atoms with Crippen LogP contribution in [0, 0.1) is 11.8 Å². The minimum absolute atomic E-state index is 0.122. The quantitative estimate of drug-likeness (QED) is 0.865. The van der Waals surface area contributed by atoms with E-state index in [4.69, 9.17) is 9.84 Å². The number of hydrogen-bond donors (Lipinski definition) is 1. The van der Waals surface area contributed by atoms with E-state index in [-0.39, 0.29) is 6.54 Å². The SMILES string of the molecule is CC(C)(C)OC(=O)N1CCC(C(CC(=O)O)C(F)F)C1. The first kappa shape index (κ1) is 16.7. The van der Waals surface area contributed by atoms with Gasteiger partial charge in [0.25, 0.3) is 0 Å². The molecule has 1 aliphatic heterocycles. The van der Waals surface area contributed by atoms with Gasteiger partial charge in [0.05, 0.1) is 6.42 Å². The van der Waals surface area contributed by atoms with Crippen LogP contribution in [0.3, 0.4) is 0 Å². The Balaban J connectivity index is 2.61. The highest BCUT2D eigenvalue weighted by Gasteiger charge is 2.38. The number of rotatable bonds is 4.